The number of aliphatic hydroxyl groups is 4. The van der Waals surface area contributed by atoms with Gasteiger partial charge in [0.2, 0.25) is 0 Å². The van der Waals surface area contributed by atoms with Gasteiger partial charge >= 0.3 is 0 Å². The van der Waals surface area contributed by atoms with E-state index in [1.807, 2.05) is 0 Å². The van der Waals surface area contributed by atoms with Crippen LogP contribution in [0.4, 0.5) is 0 Å². The van der Waals surface area contributed by atoms with Crippen LogP contribution in [0, 0.1) is 5.41 Å². The summed E-state index contributed by atoms with van der Waals surface area (Å²) in [4.78, 5) is 0. The molecule has 12 heavy (non-hydrogen) atoms. The maximum absolute atomic E-state index is 9.30. The molecule has 0 bridgehead atoms. The van der Waals surface area contributed by atoms with Crippen molar-refractivity contribution in [1.82, 2.24) is 0 Å². The molecule has 0 heterocycles. The molecule has 4 heteroatoms. The fraction of sp³-hybridized carbons (Fsp3) is 1.00. The Balaban J connectivity index is 2.58. The number of rotatable bonds is 2. The summed E-state index contributed by atoms with van der Waals surface area (Å²) in [6.45, 7) is -0.263. The summed E-state index contributed by atoms with van der Waals surface area (Å²) in [6, 6.07) is 0. The number of aliphatic hydroxyl groups excluding tert-OH is 4. The zero-order valence-corrected chi connectivity index (χ0v) is 6.98. The Morgan fingerprint density at radius 2 is 1.67 bits per heavy atom. The van der Waals surface area contributed by atoms with Gasteiger partial charge in [0, 0.05) is 5.41 Å². The molecular formula is C8H16O4. The van der Waals surface area contributed by atoms with Gasteiger partial charge < -0.3 is 20.4 Å². The van der Waals surface area contributed by atoms with Crippen LogP contribution in [0.2, 0.25) is 0 Å². The van der Waals surface area contributed by atoms with Crippen LogP contribution in [0.3, 0.4) is 0 Å². The summed E-state index contributed by atoms with van der Waals surface area (Å²) in [5.74, 6) is 0. The first-order valence-electron chi connectivity index (χ1n) is 4.21. The Morgan fingerprint density at radius 1 is 1.08 bits per heavy atom. The molecule has 1 rings (SSSR count). The van der Waals surface area contributed by atoms with E-state index in [9.17, 15) is 10.2 Å². The lowest BCUT2D eigenvalue weighted by Crippen LogP contribution is -2.44. The van der Waals surface area contributed by atoms with E-state index in [1.165, 1.54) is 0 Å². The molecule has 0 saturated heterocycles. The molecule has 0 aromatic rings. The van der Waals surface area contributed by atoms with Crippen molar-refractivity contribution in [2.45, 2.75) is 31.5 Å². The minimum absolute atomic E-state index is 0.132. The van der Waals surface area contributed by atoms with E-state index in [-0.39, 0.29) is 19.6 Å². The number of hydrogen-bond acceptors (Lipinski definition) is 4. The molecule has 1 aliphatic carbocycles. The van der Waals surface area contributed by atoms with Crippen LogP contribution >= 0.6 is 0 Å². The van der Waals surface area contributed by atoms with Crippen molar-refractivity contribution >= 4 is 0 Å². The van der Waals surface area contributed by atoms with Crippen LogP contribution in [-0.4, -0.2) is 45.8 Å². The summed E-state index contributed by atoms with van der Waals surface area (Å²) in [6.07, 6.45) is -0.212. The van der Waals surface area contributed by atoms with Gasteiger partial charge in [-0.2, -0.15) is 0 Å². The lowest BCUT2D eigenvalue weighted by atomic mass is 9.73. The third kappa shape index (κ3) is 1.77. The van der Waals surface area contributed by atoms with E-state index in [0.717, 1.165) is 0 Å². The van der Waals surface area contributed by atoms with Crippen LogP contribution in [0.15, 0.2) is 0 Å². The normalized spacial score (nSPS) is 35.0. The molecule has 1 aliphatic rings. The van der Waals surface area contributed by atoms with Crippen molar-refractivity contribution in [1.29, 1.82) is 0 Å². The van der Waals surface area contributed by atoms with Crippen molar-refractivity contribution in [3.05, 3.63) is 0 Å². The Hall–Kier alpha value is -0.160. The van der Waals surface area contributed by atoms with Gasteiger partial charge in [0.15, 0.2) is 0 Å². The predicted molar refractivity (Wildman–Crippen MR) is 42.5 cm³/mol. The van der Waals surface area contributed by atoms with Crippen LogP contribution in [0.25, 0.3) is 0 Å². The summed E-state index contributed by atoms with van der Waals surface area (Å²) in [7, 11) is 0. The van der Waals surface area contributed by atoms with Crippen LogP contribution in [0.1, 0.15) is 19.3 Å². The monoisotopic (exact) mass is 176 g/mol. The van der Waals surface area contributed by atoms with Gasteiger partial charge in [-0.25, -0.2) is 0 Å². The van der Waals surface area contributed by atoms with Gasteiger partial charge in [-0.3, -0.25) is 0 Å². The van der Waals surface area contributed by atoms with E-state index in [2.05, 4.69) is 0 Å². The van der Waals surface area contributed by atoms with E-state index in [0.29, 0.717) is 12.8 Å². The molecule has 0 aromatic heterocycles. The second-order valence-corrected chi connectivity index (χ2v) is 3.69. The molecule has 1 fully saturated rings. The van der Waals surface area contributed by atoms with Crippen LogP contribution in [-0.2, 0) is 0 Å². The van der Waals surface area contributed by atoms with Gasteiger partial charge in [-0.05, 0) is 19.3 Å². The first-order valence-corrected chi connectivity index (χ1v) is 4.21. The van der Waals surface area contributed by atoms with Crippen molar-refractivity contribution in [2.75, 3.05) is 13.2 Å². The molecule has 2 atom stereocenters. The Kier molecular flexibility index (Phi) is 3.06. The fourth-order valence-corrected chi connectivity index (χ4v) is 1.67. The lowest BCUT2D eigenvalue weighted by molar-refractivity contribution is -0.0856. The third-order valence-electron chi connectivity index (χ3n) is 2.73. The fourth-order valence-electron chi connectivity index (χ4n) is 1.67. The van der Waals surface area contributed by atoms with E-state index < -0.39 is 17.6 Å². The zero-order valence-electron chi connectivity index (χ0n) is 6.98. The molecular weight excluding hydrogens is 160 g/mol. The molecule has 1 saturated carbocycles. The highest BCUT2D eigenvalue weighted by Gasteiger charge is 2.38. The van der Waals surface area contributed by atoms with Gasteiger partial charge in [0.25, 0.3) is 0 Å². The Bertz CT molecular complexity index is 144. The summed E-state index contributed by atoms with van der Waals surface area (Å²) >= 11 is 0. The highest BCUT2D eigenvalue weighted by Crippen LogP contribution is 2.35. The predicted octanol–water partition coefficient (Wildman–Crippen LogP) is -1.14. The first kappa shape index (κ1) is 9.92. The SMILES string of the molecule is OCC1(CO)CCC(O)C(O)C1. The zero-order chi connectivity index (χ0) is 9.19. The summed E-state index contributed by atoms with van der Waals surface area (Å²) < 4.78 is 0. The molecule has 4 nitrogen and oxygen atoms in total. The van der Waals surface area contributed by atoms with E-state index in [4.69, 9.17) is 10.2 Å². The Labute approximate surface area is 71.5 Å². The molecule has 0 radical (unpaired) electrons. The maximum Gasteiger partial charge on any atom is 0.0806 e. The summed E-state index contributed by atoms with van der Waals surface area (Å²) in [5.41, 5.74) is -0.585. The smallest absolute Gasteiger partial charge is 0.0806 e. The largest absolute Gasteiger partial charge is 0.396 e. The van der Waals surface area contributed by atoms with Crippen LogP contribution < -0.4 is 0 Å². The van der Waals surface area contributed by atoms with Crippen molar-refractivity contribution in [3.63, 3.8) is 0 Å². The van der Waals surface area contributed by atoms with Crippen molar-refractivity contribution < 1.29 is 20.4 Å². The standard InChI is InChI=1S/C8H16O4/c9-4-8(5-10)2-1-6(11)7(12)3-8/h6-7,9-12H,1-5H2. The lowest BCUT2D eigenvalue weighted by Gasteiger charge is -2.38. The highest BCUT2D eigenvalue weighted by molar-refractivity contribution is 4.89. The van der Waals surface area contributed by atoms with Gasteiger partial charge in [0.1, 0.15) is 0 Å². The minimum Gasteiger partial charge on any atom is -0.396 e. The summed E-state index contributed by atoms with van der Waals surface area (Å²) in [5, 5.41) is 36.5. The van der Waals surface area contributed by atoms with Crippen molar-refractivity contribution in [3.8, 4) is 0 Å². The quantitative estimate of drug-likeness (QED) is 0.429. The molecule has 0 aromatic carbocycles. The first-order chi connectivity index (χ1) is 5.63. The molecule has 0 spiro atoms. The maximum atomic E-state index is 9.30. The van der Waals surface area contributed by atoms with Crippen LogP contribution in [0.5, 0.6) is 0 Å². The second kappa shape index (κ2) is 3.70. The minimum atomic E-state index is -0.807. The number of hydrogen-bond donors (Lipinski definition) is 4. The third-order valence-corrected chi connectivity index (χ3v) is 2.73. The average Bonchev–Trinajstić information content (AvgIpc) is 2.10. The van der Waals surface area contributed by atoms with Crippen molar-refractivity contribution in [2.24, 2.45) is 5.41 Å². The molecule has 0 amide bonds. The second-order valence-electron chi connectivity index (χ2n) is 3.69. The molecule has 4 N–H and O–H groups in total. The van der Waals surface area contributed by atoms with Gasteiger partial charge in [-0.1, -0.05) is 0 Å². The van der Waals surface area contributed by atoms with E-state index >= 15 is 0 Å². The van der Waals surface area contributed by atoms with Gasteiger partial charge in [0.05, 0.1) is 25.4 Å². The topological polar surface area (TPSA) is 80.9 Å². The molecule has 2 unspecified atom stereocenters. The molecule has 72 valence electrons. The Morgan fingerprint density at radius 3 is 2.08 bits per heavy atom. The van der Waals surface area contributed by atoms with Gasteiger partial charge in [-0.15, -0.1) is 0 Å². The molecule has 0 aliphatic heterocycles. The highest BCUT2D eigenvalue weighted by atomic mass is 16.3. The van der Waals surface area contributed by atoms with E-state index in [1.54, 1.807) is 0 Å². The average molecular weight is 176 g/mol.